The van der Waals surface area contributed by atoms with Crippen LogP contribution in [0.3, 0.4) is 0 Å². The van der Waals surface area contributed by atoms with Crippen molar-refractivity contribution in [1.29, 1.82) is 0 Å². The van der Waals surface area contributed by atoms with Gasteiger partial charge in [-0.3, -0.25) is 4.68 Å². The summed E-state index contributed by atoms with van der Waals surface area (Å²) < 4.78 is 15.6. The summed E-state index contributed by atoms with van der Waals surface area (Å²) >= 11 is 3.14. The van der Waals surface area contributed by atoms with Gasteiger partial charge < -0.3 is 5.32 Å². The molecule has 1 heterocycles. The minimum atomic E-state index is -0.221. The second-order valence-corrected chi connectivity index (χ2v) is 4.98. The van der Waals surface area contributed by atoms with Gasteiger partial charge in [-0.05, 0) is 39.7 Å². The van der Waals surface area contributed by atoms with Gasteiger partial charge in [0.05, 0.1) is 4.47 Å². The Kier molecular flexibility index (Phi) is 4.49. The lowest BCUT2D eigenvalue weighted by Crippen LogP contribution is -2.18. The van der Waals surface area contributed by atoms with Crippen LogP contribution in [-0.2, 0) is 20.0 Å². The van der Waals surface area contributed by atoms with Crippen molar-refractivity contribution in [3.63, 3.8) is 0 Å². The molecule has 18 heavy (non-hydrogen) atoms. The second-order valence-electron chi connectivity index (χ2n) is 4.12. The number of nitrogens with zero attached hydrogens (tertiary/aromatic N) is 2. The Hall–Kier alpha value is -1.20. The average molecular weight is 312 g/mol. The first kappa shape index (κ1) is 13.2. The number of aromatic nitrogens is 2. The molecular formula is C13H15BrFN3. The van der Waals surface area contributed by atoms with Crippen LogP contribution in [-0.4, -0.2) is 16.3 Å². The molecule has 0 fully saturated rings. The van der Waals surface area contributed by atoms with Gasteiger partial charge in [-0.25, -0.2) is 4.39 Å². The SMILES string of the molecule is Cn1nccc1CCNCc1ccc(Br)c(F)c1. The van der Waals surface area contributed by atoms with Gasteiger partial charge in [0.2, 0.25) is 0 Å². The first-order chi connectivity index (χ1) is 8.66. The molecule has 1 aromatic heterocycles. The molecule has 0 radical (unpaired) electrons. The number of nitrogens with one attached hydrogen (secondary N) is 1. The van der Waals surface area contributed by atoms with E-state index in [0.717, 1.165) is 18.5 Å². The number of aryl methyl sites for hydroxylation is 1. The Balaban J connectivity index is 1.78. The third kappa shape index (κ3) is 3.40. The average Bonchev–Trinajstić information content (AvgIpc) is 2.75. The fourth-order valence-electron chi connectivity index (χ4n) is 1.75. The summed E-state index contributed by atoms with van der Waals surface area (Å²) in [4.78, 5) is 0. The van der Waals surface area contributed by atoms with Crippen LogP contribution in [0.4, 0.5) is 4.39 Å². The van der Waals surface area contributed by atoms with Gasteiger partial charge in [0.15, 0.2) is 0 Å². The van der Waals surface area contributed by atoms with E-state index in [1.54, 1.807) is 18.3 Å². The molecule has 5 heteroatoms. The van der Waals surface area contributed by atoms with Gasteiger partial charge in [0.1, 0.15) is 5.82 Å². The summed E-state index contributed by atoms with van der Waals surface area (Å²) in [6, 6.07) is 7.18. The fraction of sp³-hybridized carbons (Fsp3) is 0.308. The van der Waals surface area contributed by atoms with E-state index in [0.29, 0.717) is 11.0 Å². The van der Waals surface area contributed by atoms with E-state index in [9.17, 15) is 4.39 Å². The Labute approximate surface area is 114 Å². The molecule has 0 aliphatic carbocycles. The van der Waals surface area contributed by atoms with Crippen LogP contribution >= 0.6 is 15.9 Å². The largest absolute Gasteiger partial charge is 0.312 e. The summed E-state index contributed by atoms with van der Waals surface area (Å²) in [6.45, 7) is 1.51. The monoisotopic (exact) mass is 311 g/mol. The smallest absolute Gasteiger partial charge is 0.137 e. The normalized spacial score (nSPS) is 10.8. The standard InChI is InChI=1S/C13H15BrFN3/c1-18-11(5-7-17-18)4-6-16-9-10-2-3-12(14)13(15)8-10/h2-3,5,7-8,16H,4,6,9H2,1H3. The quantitative estimate of drug-likeness (QED) is 0.860. The van der Waals surface area contributed by atoms with E-state index < -0.39 is 0 Å². The molecular weight excluding hydrogens is 297 g/mol. The van der Waals surface area contributed by atoms with Crippen LogP contribution in [0.15, 0.2) is 34.9 Å². The van der Waals surface area contributed by atoms with Crippen molar-refractivity contribution in [3.05, 3.63) is 52.0 Å². The lowest BCUT2D eigenvalue weighted by molar-refractivity contribution is 0.611. The number of hydrogen-bond donors (Lipinski definition) is 1. The summed E-state index contributed by atoms with van der Waals surface area (Å²) in [5, 5.41) is 7.40. The highest BCUT2D eigenvalue weighted by molar-refractivity contribution is 9.10. The number of halogens is 2. The lowest BCUT2D eigenvalue weighted by atomic mass is 10.2. The van der Waals surface area contributed by atoms with E-state index in [1.165, 1.54) is 5.69 Å². The Morgan fingerprint density at radius 1 is 1.39 bits per heavy atom. The van der Waals surface area contributed by atoms with Crippen LogP contribution in [0, 0.1) is 5.82 Å². The van der Waals surface area contributed by atoms with Crippen molar-refractivity contribution >= 4 is 15.9 Å². The third-order valence-corrected chi connectivity index (χ3v) is 3.44. The van der Waals surface area contributed by atoms with Gasteiger partial charge in [-0.2, -0.15) is 5.10 Å². The summed E-state index contributed by atoms with van der Waals surface area (Å²) in [5.74, 6) is -0.221. The first-order valence-electron chi connectivity index (χ1n) is 5.78. The van der Waals surface area contributed by atoms with Crippen LogP contribution in [0.25, 0.3) is 0 Å². The highest BCUT2D eigenvalue weighted by Crippen LogP contribution is 2.16. The van der Waals surface area contributed by atoms with Crippen molar-refractivity contribution in [2.75, 3.05) is 6.54 Å². The topological polar surface area (TPSA) is 29.9 Å². The maximum Gasteiger partial charge on any atom is 0.137 e. The molecule has 0 saturated carbocycles. The predicted molar refractivity (Wildman–Crippen MR) is 72.7 cm³/mol. The highest BCUT2D eigenvalue weighted by Gasteiger charge is 2.01. The minimum absolute atomic E-state index is 0.221. The summed E-state index contributed by atoms with van der Waals surface area (Å²) in [7, 11) is 1.93. The van der Waals surface area contributed by atoms with Crippen molar-refractivity contribution in [1.82, 2.24) is 15.1 Å². The number of benzene rings is 1. The Morgan fingerprint density at radius 2 is 2.22 bits per heavy atom. The molecule has 0 amide bonds. The molecule has 0 saturated heterocycles. The maximum atomic E-state index is 13.3. The van der Waals surface area contributed by atoms with E-state index in [1.807, 2.05) is 23.9 Å². The molecule has 0 spiro atoms. The molecule has 0 atom stereocenters. The molecule has 1 aromatic carbocycles. The molecule has 0 aliphatic heterocycles. The van der Waals surface area contributed by atoms with Crippen molar-refractivity contribution in [3.8, 4) is 0 Å². The molecule has 96 valence electrons. The van der Waals surface area contributed by atoms with Gasteiger partial charge in [0, 0.05) is 38.4 Å². The van der Waals surface area contributed by atoms with Crippen molar-refractivity contribution in [2.45, 2.75) is 13.0 Å². The van der Waals surface area contributed by atoms with Crippen molar-refractivity contribution < 1.29 is 4.39 Å². The highest BCUT2D eigenvalue weighted by atomic mass is 79.9. The van der Waals surface area contributed by atoms with E-state index in [-0.39, 0.29) is 5.82 Å². The zero-order valence-electron chi connectivity index (χ0n) is 10.2. The molecule has 3 nitrogen and oxygen atoms in total. The van der Waals surface area contributed by atoms with Crippen molar-refractivity contribution in [2.24, 2.45) is 7.05 Å². The molecule has 1 N–H and O–H groups in total. The first-order valence-corrected chi connectivity index (χ1v) is 6.57. The van der Waals surface area contributed by atoms with Gasteiger partial charge in [0.25, 0.3) is 0 Å². The maximum absolute atomic E-state index is 13.3. The van der Waals surface area contributed by atoms with Gasteiger partial charge in [-0.1, -0.05) is 6.07 Å². The van der Waals surface area contributed by atoms with Gasteiger partial charge in [-0.15, -0.1) is 0 Å². The van der Waals surface area contributed by atoms with E-state index in [2.05, 4.69) is 26.3 Å². The zero-order chi connectivity index (χ0) is 13.0. The molecule has 0 unspecified atom stereocenters. The number of hydrogen-bond acceptors (Lipinski definition) is 2. The van der Waals surface area contributed by atoms with Gasteiger partial charge >= 0.3 is 0 Å². The zero-order valence-corrected chi connectivity index (χ0v) is 11.7. The lowest BCUT2D eigenvalue weighted by Gasteiger charge is -2.06. The minimum Gasteiger partial charge on any atom is -0.312 e. The van der Waals surface area contributed by atoms with Crippen LogP contribution < -0.4 is 5.32 Å². The van der Waals surface area contributed by atoms with E-state index >= 15 is 0 Å². The van der Waals surface area contributed by atoms with Crippen LogP contribution in [0.1, 0.15) is 11.3 Å². The molecule has 0 aliphatic rings. The Morgan fingerprint density at radius 3 is 2.89 bits per heavy atom. The van der Waals surface area contributed by atoms with Crippen LogP contribution in [0.2, 0.25) is 0 Å². The molecule has 0 bridgehead atoms. The predicted octanol–water partition coefficient (Wildman–Crippen LogP) is 2.65. The number of rotatable bonds is 5. The van der Waals surface area contributed by atoms with E-state index in [4.69, 9.17) is 0 Å². The van der Waals surface area contributed by atoms with Crippen LogP contribution in [0.5, 0.6) is 0 Å². The Bertz CT molecular complexity index is 525. The molecule has 2 rings (SSSR count). The summed E-state index contributed by atoms with van der Waals surface area (Å²) in [5.41, 5.74) is 2.13. The second kappa shape index (κ2) is 6.11. The fourth-order valence-corrected chi connectivity index (χ4v) is 1.99. The third-order valence-electron chi connectivity index (χ3n) is 2.79. The molecule has 2 aromatic rings. The summed E-state index contributed by atoms with van der Waals surface area (Å²) in [6.07, 6.45) is 2.70.